The van der Waals surface area contributed by atoms with Crippen molar-refractivity contribution in [2.75, 3.05) is 0 Å². The smallest absolute Gasteiger partial charge is 0.251 e. The SMILES string of the molecule is CCCCC(C)NC(=O)c1cccc(CN)c1. The summed E-state index contributed by atoms with van der Waals surface area (Å²) >= 11 is 0. The highest BCUT2D eigenvalue weighted by Crippen LogP contribution is 2.06. The van der Waals surface area contributed by atoms with Crippen LogP contribution < -0.4 is 11.1 Å². The lowest BCUT2D eigenvalue weighted by Crippen LogP contribution is -2.32. The molecule has 0 aliphatic carbocycles. The van der Waals surface area contributed by atoms with Gasteiger partial charge in [0.25, 0.3) is 5.91 Å². The Hall–Kier alpha value is -1.35. The molecule has 1 atom stereocenters. The van der Waals surface area contributed by atoms with Crippen LogP contribution in [-0.2, 0) is 6.54 Å². The molecule has 0 spiro atoms. The summed E-state index contributed by atoms with van der Waals surface area (Å²) in [4.78, 5) is 11.9. The molecular weight excluding hydrogens is 212 g/mol. The van der Waals surface area contributed by atoms with Gasteiger partial charge in [0.05, 0.1) is 0 Å². The van der Waals surface area contributed by atoms with Gasteiger partial charge in [0.2, 0.25) is 0 Å². The lowest BCUT2D eigenvalue weighted by molar-refractivity contribution is 0.0938. The van der Waals surface area contributed by atoms with Gasteiger partial charge in [-0.3, -0.25) is 4.79 Å². The lowest BCUT2D eigenvalue weighted by Gasteiger charge is -2.13. The largest absolute Gasteiger partial charge is 0.350 e. The Balaban J connectivity index is 2.56. The number of amides is 1. The van der Waals surface area contributed by atoms with Gasteiger partial charge in [-0.15, -0.1) is 0 Å². The van der Waals surface area contributed by atoms with E-state index < -0.39 is 0 Å². The molecule has 1 unspecified atom stereocenters. The van der Waals surface area contributed by atoms with Gasteiger partial charge in [0.15, 0.2) is 0 Å². The van der Waals surface area contributed by atoms with Crippen molar-refractivity contribution in [1.29, 1.82) is 0 Å². The van der Waals surface area contributed by atoms with Crippen molar-refractivity contribution in [2.24, 2.45) is 5.73 Å². The van der Waals surface area contributed by atoms with Crippen molar-refractivity contribution < 1.29 is 4.79 Å². The molecule has 3 heteroatoms. The van der Waals surface area contributed by atoms with E-state index in [1.165, 1.54) is 0 Å². The van der Waals surface area contributed by atoms with Gasteiger partial charge < -0.3 is 11.1 Å². The minimum absolute atomic E-state index is 0.0103. The van der Waals surface area contributed by atoms with Gasteiger partial charge in [-0.1, -0.05) is 31.9 Å². The molecule has 1 aromatic rings. The fraction of sp³-hybridized carbons (Fsp3) is 0.500. The molecule has 0 fully saturated rings. The summed E-state index contributed by atoms with van der Waals surface area (Å²) in [7, 11) is 0. The van der Waals surface area contributed by atoms with Crippen LogP contribution in [0.2, 0.25) is 0 Å². The number of nitrogens with two attached hydrogens (primary N) is 1. The van der Waals surface area contributed by atoms with Gasteiger partial charge >= 0.3 is 0 Å². The molecule has 0 bridgehead atoms. The number of hydrogen-bond donors (Lipinski definition) is 2. The zero-order valence-electron chi connectivity index (χ0n) is 10.7. The Labute approximate surface area is 103 Å². The first-order valence-electron chi connectivity index (χ1n) is 6.27. The molecule has 1 amide bonds. The Morgan fingerprint density at radius 2 is 2.24 bits per heavy atom. The molecule has 0 radical (unpaired) electrons. The molecule has 0 aliphatic heterocycles. The third-order valence-corrected chi connectivity index (χ3v) is 2.79. The van der Waals surface area contributed by atoms with Crippen LogP contribution in [0.15, 0.2) is 24.3 Å². The summed E-state index contributed by atoms with van der Waals surface area (Å²) in [6.07, 6.45) is 3.33. The summed E-state index contributed by atoms with van der Waals surface area (Å²) in [6, 6.07) is 7.69. The van der Waals surface area contributed by atoms with E-state index in [1.54, 1.807) is 0 Å². The quantitative estimate of drug-likeness (QED) is 0.794. The van der Waals surface area contributed by atoms with Crippen LogP contribution in [0.25, 0.3) is 0 Å². The average molecular weight is 234 g/mol. The minimum Gasteiger partial charge on any atom is -0.350 e. The number of nitrogens with one attached hydrogen (secondary N) is 1. The van der Waals surface area contributed by atoms with Crippen LogP contribution in [0.1, 0.15) is 49.0 Å². The summed E-state index contributed by atoms with van der Waals surface area (Å²) < 4.78 is 0. The van der Waals surface area contributed by atoms with Crippen LogP contribution in [0.5, 0.6) is 0 Å². The predicted molar refractivity (Wildman–Crippen MR) is 70.8 cm³/mol. The fourth-order valence-corrected chi connectivity index (χ4v) is 1.73. The van der Waals surface area contributed by atoms with Crippen molar-refractivity contribution in [3.8, 4) is 0 Å². The summed E-state index contributed by atoms with van der Waals surface area (Å²) in [5.41, 5.74) is 7.23. The second-order valence-electron chi connectivity index (χ2n) is 4.42. The summed E-state index contributed by atoms with van der Waals surface area (Å²) in [5.74, 6) is -0.0103. The molecule has 0 aliphatic rings. The first-order valence-corrected chi connectivity index (χ1v) is 6.27. The van der Waals surface area contributed by atoms with E-state index in [9.17, 15) is 4.79 Å². The van der Waals surface area contributed by atoms with E-state index in [2.05, 4.69) is 12.2 Å². The van der Waals surface area contributed by atoms with E-state index in [0.717, 1.165) is 24.8 Å². The van der Waals surface area contributed by atoms with E-state index >= 15 is 0 Å². The van der Waals surface area contributed by atoms with Crippen LogP contribution in [0.3, 0.4) is 0 Å². The Kier molecular flexibility index (Phi) is 5.70. The van der Waals surface area contributed by atoms with Crippen LogP contribution in [0.4, 0.5) is 0 Å². The highest BCUT2D eigenvalue weighted by atomic mass is 16.1. The molecule has 17 heavy (non-hydrogen) atoms. The molecule has 0 aromatic heterocycles. The number of unbranched alkanes of at least 4 members (excludes halogenated alkanes) is 1. The normalized spacial score (nSPS) is 12.2. The highest BCUT2D eigenvalue weighted by Gasteiger charge is 2.09. The number of carbonyl (C=O) groups excluding carboxylic acids is 1. The molecule has 3 N–H and O–H groups in total. The summed E-state index contributed by atoms with van der Waals surface area (Å²) in [5, 5.41) is 3.00. The molecular formula is C14H22N2O. The second-order valence-corrected chi connectivity index (χ2v) is 4.42. The van der Waals surface area contributed by atoms with E-state index in [4.69, 9.17) is 5.73 Å². The second kappa shape index (κ2) is 7.07. The van der Waals surface area contributed by atoms with Gasteiger partial charge in [0, 0.05) is 18.2 Å². The predicted octanol–water partition coefficient (Wildman–Crippen LogP) is 2.45. The monoisotopic (exact) mass is 234 g/mol. The van der Waals surface area contributed by atoms with Gasteiger partial charge in [0.1, 0.15) is 0 Å². The van der Waals surface area contributed by atoms with Crippen LogP contribution >= 0.6 is 0 Å². The number of benzene rings is 1. The Morgan fingerprint density at radius 3 is 2.88 bits per heavy atom. The maximum absolute atomic E-state index is 11.9. The number of hydrogen-bond acceptors (Lipinski definition) is 2. The zero-order chi connectivity index (χ0) is 12.7. The number of carbonyl (C=O) groups is 1. The maximum Gasteiger partial charge on any atom is 0.251 e. The molecule has 94 valence electrons. The van der Waals surface area contributed by atoms with Gasteiger partial charge in [-0.25, -0.2) is 0 Å². The average Bonchev–Trinajstić information content (AvgIpc) is 2.36. The third kappa shape index (κ3) is 4.57. The fourth-order valence-electron chi connectivity index (χ4n) is 1.73. The van der Waals surface area contributed by atoms with Crippen molar-refractivity contribution in [3.05, 3.63) is 35.4 Å². The highest BCUT2D eigenvalue weighted by molar-refractivity contribution is 5.94. The lowest BCUT2D eigenvalue weighted by atomic mass is 10.1. The molecule has 1 rings (SSSR count). The molecule has 0 heterocycles. The zero-order valence-corrected chi connectivity index (χ0v) is 10.7. The third-order valence-electron chi connectivity index (χ3n) is 2.79. The first-order chi connectivity index (χ1) is 8.17. The maximum atomic E-state index is 11.9. The van der Waals surface area contributed by atoms with E-state index in [-0.39, 0.29) is 11.9 Å². The van der Waals surface area contributed by atoms with Crippen molar-refractivity contribution in [2.45, 2.75) is 45.7 Å². The standard InChI is InChI=1S/C14H22N2O/c1-3-4-6-11(2)16-14(17)13-8-5-7-12(9-13)10-15/h5,7-9,11H,3-4,6,10,15H2,1-2H3,(H,16,17). The van der Waals surface area contributed by atoms with Crippen molar-refractivity contribution in [3.63, 3.8) is 0 Å². The van der Waals surface area contributed by atoms with Gasteiger partial charge in [-0.2, -0.15) is 0 Å². The Bertz CT molecular complexity index is 363. The van der Waals surface area contributed by atoms with Crippen molar-refractivity contribution >= 4 is 5.91 Å². The minimum atomic E-state index is -0.0103. The molecule has 1 aromatic carbocycles. The van der Waals surface area contributed by atoms with E-state index in [0.29, 0.717) is 12.1 Å². The number of rotatable bonds is 6. The van der Waals surface area contributed by atoms with Crippen molar-refractivity contribution in [1.82, 2.24) is 5.32 Å². The molecule has 0 saturated heterocycles. The first kappa shape index (κ1) is 13.7. The Morgan fingerprint density at radius 1 is 1.47 bits per heavy atom. The van der Waals surface area contributed by atoms with Crippen LogP contribution in [-0.4, -0.2) is 11.9 Å². The molecule has 0 saturated carbocycles. The van der Waals surface area contributed by atoms with Gasteiger partial charge in [-0.05, 0) is 31.0 Å². The van der Waals surface area contributed by atoms with Crippen LogP contribution in [0, 0.1) is 0 Å². The topological polar surface area (TPSA) is 55.1 Å². The molecule has 3 nitrogen and oxygen atoms in total. The summed E-state index contributed by atoms with van der Waals surface area (Å²) in [6.45, 7) is 4.66. The van der Waals surface area contributed by atoms with E-state index in [1.807, 2.05) is 31.2 Å².